The lowest BCUT2D eigenvalue weighted by Crippen LogP contribution is -2.39. The minimum Gasteiger partial charge on any atom is -0.497 e. The van der Waals surface area contributed by atoms with Crippen molar-refractivity contribution in [2.75, 3.05) is 17.7 Å². The largest absolute Gasteiger partial charge is 0.497 e. The van der Waals surface area contributed by atoms with Gasteiger partial charge in [0.25, 0.3) is 5.56 Å². The van der Waals surface area contributed by atoms with Gasteiger partial charge < -0.3 is 14.8 Å². The molecule has 55 heavy (non-hydrogen) atoms. The van der Waals surface area contributed by atoms with Crippen LogP contribution in [-0.2, 0) is 34.8 Å². The summed E-state index contributed by atoms with van der Waals surface area (Å²) >= 11 is 6.86. The Morgan fingerprint density at radius 1 is 1.00 bits per heavy atom. The minimum atomic E-state index is -3.97. The van der Waals surface area contributed by atoms with Crippen LogP contribution in [0.25, 0.3) is 27.5 Å². The molecule has 0 spiro atoms. The van der Waals surface area contributed by atoms with Crippen LogP contribution in [0.4, 0.5) is 19.4 Å². The number of halogens is 3. The third-order valence-electron chi connectivity index (χ3n) is 8.76. The van der Waals surface area contributed by atoms with E-state index in [2.05, 4.69) is 10.4 Å². The Bertz CT molecular complexity index is 2600. The van der Waals surface area contributed by atoms with Gasteiger partial charge in [-0.15, -0.1) is 0 Å². The molecule has 1 atom stereocenters. The number of benzene rings is 4. The summed E-state index contributed by atoms with van der Waals surface area (Å²) in [5.41, 5.74) is 0.704. The van der Waals surface area contributed by atoms with Crippen LogP contribution < -0.4 is 19.9 Å². The zero-order chi connectivity index (χ0) is 40.0. The highest BCUT2D eigenvalue weighted by atomic mass is 35.5. The average molecular weight is 793 g/mol. The van der Waals surface area contributed by atoms with E-state index in [1.807, 2.05) is 0 Å². The highest BCUT2D eigenvalue weighted by Gasteiger charge is 2.31. The van der Waals surface area contributed by atoms with E-state index in [-0.39, 0.29) is 57.2 Å². The molecule has 1 N–H and O–H groups in total. The Kier molecular flexibility index (Phi) is 10.6. The quantitative estimate of drug-likeness (QED) is 0.153. The number of carbonyl (C=O) groups excluding carboxylic acids is 1. The molecule has 0 aliphatic heterocycles. The Labute approximate surface area is 321 Å². The highest BCUT2D eigenvalue weighted by molar-refractivity contribution is 7.92. The maximum Gasteiger partial charge on any atom is 0.408 e. The van der Waals surface area contributed by atoms with Crippen LogP contribution in [0, 0.1) is 18.6 Å². The molecule has 16 heteroatoms. The normalized spacial score (nSPS) is 12.5. The van der Waals surface area contributed by atoms with Crippen molar-refractivity contribution in [1.29, 1.82) is 0 Å². The summed E-state index contributed by atoms with van der Waals surface area (Å²) in [5.74, 6) is -1.09. The molecule has 1 amide bonds. The number of hydrogen-bond donors (Lipinski definition) is 1. The van der Waals surface area contributed by atoms with E-state index in [4.69, 9.17) is 26.1 Å². The van der Waals surface area contributed by atoms with E-state index in [0.29, 0.717) is 22.4 Å². The van der Waals surface area contributed by atoms with E-state index in [0.717, 1.165) is 28.8 Å². The van der Waals surface area contributed by atoms with Gasteiger partial charge in [-0.05, 0) is 86.8 Å². The van der Waals surface area contributed by atoms with E-state index < -0.39 is 45.0 Å². The fourth-order valence-corrected chi connectivity index (χ4v) is 7.50. The first-order chi connectivity index (χ1) is 25.8. The van der Waals surface area contributed by atoms with Crippen molar-refractivity contribution < 1.29 is 31.5 Å². The van der Waals surface area contributed by atoms with Crippen molar-refractivity contribution in [2.24, 2.45) is 7.05 Å². The SMILES string of the molecule is COc1ccc(CN(c2nn(C)c3c(-n4c([C@H](Cc5cc(F)cc(F)c5)NC(=O)OC(C)(C)C)nc5cccc(C)c5c4=O)ccc(Cl)c23)S(C)(=O)=O)cc1. The van der Waals surface area contributed by atoms with Crippen molar-refractivity contribution in [3.05, 3.63) is 122 Å². The van der Waals surface area contributed by atoms with Gasteiger partial charge in [0.05, 0.1) is 58.5 Å². The van der Waals surface area contributed by atoms with Crippen molar-refractivity contribution >= 4 is 55.3 Å². The zero-order valence-corrected chi connectivity index (χ0v) is 32.7. The fourth-order valence-electron chi connectivity index (χ4n) is 6.44. The molecule has 6 aromatic rings. The number of nitrogens with zero attached hydrogens (tertiary/aromatic N) is 5. The predicted molar refractivity (Wildman–Crippen MR) is 208 cm³/mol. The van der Waals surface area contributed by atoms with Gasteiger partial charge in [-0.25, -0.2) is 31.3 Å². The summed E-state index contributed by atoms with van der Waals surface area (Å²) in [5, 5.41) is 8.03. The molecule has 12 nitrogen and oxygen atoms in total. The Hall–Kier alpha value is -5.54. The molecule has 2 aromatic heterocycles. The number of hydrogen-bond acceptors (Lipinski definition) is 8. The first-order valence-corrected chi connectivity index (χ1v) is 19.3. The Morgan fingerprint density at radius 3 is 2.29 bits per heavy atom. The Balaban J connectivity index is 1.63. The van der Waals surface area contributed by atoms with Crippen LogP contribution in [-0.4, -0.2) is 52.8 Å². The third kappa shape index (κ3) is 8.27. The maximum atomic E-state index is 14.9. The molecule has 0 saturated carbocycles. The molecular weight excluding hydrogens is 754 g/mol. The van der Waals surface area contributed by atoms with Crippen LogP contribution in [0.3, 0.4) is 0 Å². The standard InChI is InChI=1S/C39H39ClF2N6O6S/c1-22-9-8-10-29-32(22)37(49)48(35(43-29)30(44-38(50)54-39(2,3)4)19-24-17-25(41)20-26(42)18-24)31-16-15-28(40)33-34(31)46(5)45-36(33)47(55(7,51)52)21-23-11-13-27(53-6)14-12-23/h8-18,20,30H,19,21H2,1-7H3,(H,44,50)/t30-/m0/s1. The number of amides is 1. The lowest BCUT2D eigenvalue weighted by molar-refractivity contribution is 0.0500. The average Bonchev–Trinajstić information content (AvgIpc) is 3.43. The summed E-state index contributed by atoms with van der Waals surface area (Å²) in [4.78, 5) is 33.2. The minimum absolute atomic E-state index is 0.000798. The molecular formula is C39H39ClF2N6O6S. The summed E-state index contributed by atoms with van der Waals surface area (Å²) in [6.45, 7) is 6.67. The second kappa shape index (κ2) is 14.9. The zero-order valence-electron chi connectivity index (χ0n) is 31.1. The second-order valence-electron chi connectivity index (χ2n) is 14.1. The van der Waals surface area contributed by atoms with Crippen molar-refractivity contribution in [1.82, 2.24) is 24.6 Å². The van der Waals surface area contributed by atoms with Gasteiger partial charge in [0, 0.05) is 19.5 Å². The van der Waals surface area contributed by atoms with E-state index >= 15 is 0 Å². The third-order valence-corrected chi connectivity index (χ3v) is 10.2. The highest BCUT2D eigenvalue weighted by Crippen LogP contribution is 2.38. The van der Waals surface area contributed by atoms with Gasteiger partial charge in [-0.1, -0.05) is 35.9 Å². The van der Waals surface area contributed by atoms with Crippen LogP contribution in [0.5, 0.6) is 5.75 Å². The predicted octanol–water partition coefficient (Wildman–Crippen LogP) is 7.30. The molecule has 6 rings (SSSR count). The van der Waals surface area contributed by atoms with Gasteiger partial charge in [0.15, 0.2) is 5.82 Å². The monoisotopic (exact) mass is 792 g/mol. The number of anilines is 1. The molecule has 4 aromatic carbocycles. The number of sulfonamides is 1. The van der Waals surface area contributed by atoms with Crippen molar-refractivity contribution in [3.63, 3.8) is 0 Å². The first-order valence-electron chi connectivity index (χ1n) is 17.1. The molecule has 0 radical (unpaired) electrons. The summed E-state index contributed by atoms with van der Waals surface area (Å²) < 4.78 is 70.5. The van der Waals surface area contributed by atoms with Crippen molar-refractivity contribution in [2.45, 2.75) is 52.3 Å². The molecule has 0 bridgehead atoms. The van der Waals surface area contributed by atoms with Gasteiger partial charge in [-0.2, -0.15) is 5.10 Å². The maximum absolute atomic E-state index is 14.9. The van der Waals surface area contributed by atoms with Gasteiger partial charge in [-0.3, -0.25) is 14.0 Å². The van der Waals surface area contributed by atoms with E-state index in [1.54, 1.807) is 83.3 Å². The second-order valence-corrected chi connectivity index (χ2v) is 16.4. The smallest absolute Gasteiger partial charge is 0.408 e. The van der Waals surface area contributed by atoms with E-state index in [9.17, 15) is 26.8 Å². The topological polar surface area (TPSA) is 138 Å². The van der Waals surface area contributed by atoms with E-state index in [1.165, 1.54) is 22.4 Å². The Morgan fingerprint density at radius 2 is 1.67 bits per heavy atom. The number of alkyl carbamates (subject to hydrolysis) is 1. The van der Waals surface area contributed by atoms with Gasteiger partial charge >= 0.3 is 6.09 Å². The molecule has 0 fully saturated rings. The van der Waals surface area contributed by atoms with Crippen LogP contribution in [0.1, 0.15) is 49.3 Å². The first kappa shape index (κ1) is 39.2. The number of rotatable bonds is 10. The summed E-state index contributed by atoms with van der Waals surface area (Å²) in [7, 11) is -0.870. The van der Waals surface area contributed by atoms with Crippen LogP contribution in [0.2, 0.25) is 5.02 Å². The molecule has 0 unspecified atom stereocenters. The summed E-state index contributed by atoms with van der Waals surface area (Å²) in [6, 6.07) is 16.8. The van der Waals surface area contributed by atoms with Gasteiger partial charge in [0.1, 0.15) is 28.8 Å². The molecule has 2 heterocycles. The lowest BCUT2D eigenvalue weighted by atomic mass is 10.0. The number of nitrogens with one attached hydrogen (secondary N) is 1. The molecule has 288 valence electrons. The number of ether oxygens (including phenoxy) is 2. The van der Waals surface area contributed by atoms with Crippen LogP contribution in [0.15, 0.2) is 77.6 Å². The fraction of sp³-hybridized carbons (Fsp3) is 0.282. The number of carbonyl (C=O) groups is 1. The molecule has 0 saturated heterocycles. The number of methoxy groups -OCH3 is 1. The number of aromatic nitrogens is 4. The van der Waals surface area contributed by atoms with Crippen molar-refractivity contribution in [3.8, 4) is 11.4 Å². The molecule has 0 aliphatic carbocycles. The summed E-state index contributed by atoms with van der Waals surface area (Å²) in [6.07, 6.45) is -0.0318. The molecule has 0 aliphatic rings. The van der Waals surface area contributed by atoms with Crippen LogP contribution >= 0.6 is 11.6 Å². The lowest BCUT2D eigenvalue weighted by Gasteiger charge is -2.26. The number of fused-ring (bicyclic) bond motifs is 2. The number of aryl methyl sites for hydroxylation is 2. The van der Waals surface area contributed by atoms with Gasteiger partial charge in [0.2, 0.25) is 10.0 Å².